The van der Waals surface area contributed by atoms with Crippen LogP contribution in [0.4, 0.5) is 5.82 Å². The van der Waals surface area contributed by atoms with Crippen molar-refractivity contribution in [3.8, 4) is 17.1 Å². The van der Waals surface area contributed by atoms with Gasteiger partial charge in [0.15, 0.2) is 35.1 Å². The Hall–Kier alpha value is -4.06. The average molecular weight is 491 g/mol. The molecule has 2 aromatic heterocycles. The minimum absolute atomic E-state index is 0.375. The number of nitrogens with one attached hydrogen (secondary N) is 2. The molecular formula is C25H26N6O5. The van der Waals surface area contributed by atoms with E-state index < -0.39 is 30.4 Å². The highest BCUT2D eigenvalue weighted by Gasteiger charge is 2.47. The summed E-state index contributed by atoms with van der Waals surface area (Å²) >= 11 is 0. The topological polar surface area (TPSA) is 144 Å². The van der Waals surface area contributed by atoms with Gasteiger partial charge in [-0.15, -0.1) is 0 Å². The minimum Gasteiger partial charge on any atom is -0.497 e. The van der Waals surface area contributed by atoms with Crippen LogP contribution in [0.15, 0.2) is 60.9 Å². The zero-order chi connectivity index (χ0) is 25.2. The predicted octanol–water partition coefficient (Wildman–Crippen LogP) is 1.48. The number of imidazole rings is 1. The Kier molecular flexibility index (Phi) is 6.51. The van der Waals surface area contributed by atoms with E-state index in [4.69, 9.17) is 19.4 Å². The molecule has 2 aromatic carbocycles. The molecule has 1 amide bonds. The molecule has 11 heteroatoms. The second-order valence-electron chi connectivity index (χ2n) is 8.33. The first-order valence-corrected chi connectivity index (χ1v) is 11.4. The number of hydrogen-bond acceptors (Lipinski definition) is 9. The van der Waals surface area contributed by atoms with Gasteiger partial charge in [0.05, 0.1) is 13.4 Å². The Morgan fingerprint density at radius 3 is 2.53 bits per heavy atom. The molecule has 0 aliphatic carbocycles. The maximum absolute atomic E-state index is 12.1. The van der Waals surface area contributed by atoms with E-state index in [1.54, 1.807) is 7.11 Å². The number of fused-ring (bicyclic) bond motifs is 1. The van der Waals surface area contributed by atoms with Crippen LogP contribution in [-0.2, 0) is 16.1 Å². The average Bonchev–Trinajstić information content (AvgIpc) is 3.48. The molecule has 0 unspecified atom stereocenters. The van der Waals surface area contributed by atoms with E-state index in [1.165, 1.54) is 17.9 Å². The van der Waals surface area contributed by atoms with Crippen LogP contribution in [0.2, 0.25) is 0 Å². The first kappa shape index (κ1) is 23.7. The summed E-state index contributed by atoms with van der Waals surface area (Å²) < 4.78 is 12.5. The lowest BCUT2D eigenvalue weighted by Gasteiger charge is -2.17. The summed E-state index contributed by atoms with van der Waals surface area (Å²) in [6, 6.07) is 17.2. The summed E-state index contributed by atoms with van der Waals surface area (Å²) in [5.74, 6) is 1.07. The van der Waals surface area contributed by atoms with Gasteiger partial charge in [0.2, 0.25) is 0 Å². The van der Waals surface area contributed by atoms with E-state index in [0.29, 0.717) is 35.1 Å². The van der Waals surface area contributed by atoms with Gasteiger partial charge in [-0.1, -0.05) is 30.3 Å². The highest BCUT2D eigenvalue weighted by molar-refractivity contribution is 5.85. The second-order valence-corrected chi connectivity index (χ2v) is 8.33. The fraction of sp³-hybridized carbons (Fsp3) is 0.280. The number of carbonyl (C=O) groups is 1. The van der Waals surface area contributed by atoms with E-state index in [-0.39, 0.29) is 0 Å². The van der Waals surface area contributed by atoms with Crippen molar-refractivity contribution in [1.29, 1.82) is 0 Å². The van der Waals surface area contributed by atoms with Gasteiger partial charge in [-0.3, -0.25) is 9.36 Å². The number of likely N-dealkylation sites (N-methyl/N-ethyl adjacent to an activating group) is 1. The number of aliphatic hydroxyl groups excluding tert-OH is 2. The lowest BCUT2D eigenvalue weighted by molar-refractivity contribution is -0.137. The smallest absolute Gasteiger partial charge is 0.251 e. The third-order valence-corrected chi connectivity index (χ3v) is 6.09. The zero-order valence-corrected chi connectivity index (χ0v) is 19.7. The maximum atomic E-state index is 12.1. The van der Waals surface area contributed by atoms with Gasteiger partial charge >= 0.3 is 0 Å². The number of aromatic nitrogens is 4. The Labute approximate surface area is 206 Å². The molecule has 3 heterocycles. The minimum atomic E-state index is -1.41. The predicted molar refractivity (Wildman–Crippen MR) is 131 cm³/mol. The number of rotatable bonds is 7. The molecule has 1 aliphatic heterocycles. The van der Waals surface area contributed by atoms with E-state index in [2.05, 4.69) is 15.6 Å². The lowest BCUT2D eigenvalue weighted by atomic mass is 10.1. The lowest BCUT2D eigenvalue weighted by Crippen LogP contribution is -2.41. The van der Waals surface area contributed by atoms with Crippen LogP contribution in [-0.4, -0.2) is 68.1 Å². The molecule has 0 saturated carbocycles. The Balaban J connectivity index is 1.57. The largest absolute Gasteiger partial charge is 0.497 e. The quantitative estimate of drug-likeness (QED) is 0.303. The number of nitrogens with zero attached hydrogens (tertiary/aromatic N) is 4. The van der Waals surface area contributed by atoms with Gasteiger partial charge in [0.25, 0.3) is 5.91 Å². The molecule has 186 valence electrons. The third kappa shape index (κ3) is 4.35. The third-order valence-electron chi connectivity index (χ3n) is 6.09. The molecule has 1 saturated heterocycles. The molecule has 11 nitrogen and oxygen atoms in total. The molecule has 1 fully saturated rings. The summed E-state index contributed by atoms with van der Waals surface area (Å²) in [5, 5.41) is 26.9. The number of methoxy groups -OCH3 is 1. The highest BCUT2D eigenvalue weighted by atomic mass is 16.6. The molecule has 0 bridgehead atoms. The summed E-state index contributed by atoms with van der Waals surface area (Å²) in [7, 11) is 3.03. The van der Waals surface area contributed by atoms with Crippen molar-refractivity contribution in [2.45, 2.75) is 31.1 Å². The first-order chi connectivity index (χ1) is 17.5. The normalized spacial score (nSPS) is 21.4. The second kappa shape index (κ2) is 9.90. The van der Waals surface area contributed by atoms with Crippen LogP contribution in [0, 0.1) is 0 Å². The van der Waals surface area contributed by atoms with Crippen LogP contribution in [0.25, 0.3) is 22.6 Å². The molecule has 5 rings (SSSR count). The monoisotopic (exact) mass is 490 g/mol. The van der Waals surface area contributed by atoms with E-state index in [0.717, 1.165) is 11.1 Å². The Bertz CT molecular complexity index is 1360. The Morgan fingerprint density at radius 1 is 1.08 bits per heavy atom. The van der Waals surface area contributed by atoms with Crippen LogP contribution in [0.1, 0.15) is 11.8 Å². The maximum Gasteiger partial charge on any atom is 0.251 e. The number of ether oxygens (including phenoxy) is 2. The molecular weight excluding hydrogens is 464 g/mol. The van der Waals surface area contributed by atoms with Crippen molar-refractivity contribution in [3.63, 3.8) is 0 Å². The molecule has 4 atom stereocenters. The van der Waals surface area contributed by atoms with Crippen LogP contribution >= 0.6 is 0 Å². The molecule has 0 spiro atoms. The van der Waals surface area contributed by atoms with Crippen molar-refractivity contribution < 1.29 is 24.5 Å². The summed E-state index contributed by atoms with van der Waals surface area (Å²) in [6.07, 6.45) is -3.63. The zero-order valence-electron chi connectivity index (χ0n) is 19.7. The van der Waals surface area contributed by atoms with Gasteiger partial charge in [-0.2, -0.15) is 0 Å². The number of amides is 1. The van der Waals surface area contributed by atoms with Crippen LogP contribution < -0.4 is 15.4 Å². The van der Waals surface area contributed by atoms with Crippen molar-refractivity contribution in [1.82, 2.24) is 24.8 Å². The number of aliphatic hydroxyl groups is 2. The molecule has 4 N–H and O–H groups in total. The van der Waals surface area contributed by atoms with Gasteiger partial charge in [0.1, 0.15) is 18.0 Å². The van der Waals surface area contributed by atoms with Crippen molar-refractivity contribution in [2.24, 2.45) is 0 Å². The summed E-state index contributed by atoms with van der Waals surface area (Å²) in [4.78, 5) is 26.0. The van der Waals surface area contributed by atoms with Gasteiger partial charge in [0, 0.05) is 19.2 Å². The van der Waals surface area contributed by atoms with Crippen molar-refractivity contribution >= 4 is 22.9 Å². The summed E-state index contributed by atoms with van der Waals surface area (Å²) in [6.45, 7) is 0.502. The summed E-state index contributed by atoms with van der Waals surface area (Å²) in [5.41, 5.74) is 2.63. The van der Waals surface area contributed by atoms with E-state index in [1.807, 2.05) is 54.6 Å². The number of carbonyl (C=O) groups excluding carboxylic acids is 1. The van der Waals surface area contributed by atoms with Crippen LogP contribution in [0.5, 0.6) is 5.75 Å². The number of benzene rings is 2. The molecule has 1 aliphatic rings. The molecule has 0 radical (unpaired) electrons. The SMILES string of the molecule is CNC(=O)[C@H]1O[C@@H](n2cnc3c(NCc4ccccc4)nc(-c4ccc(OC)cc4)nc32)[C@H](O)[C@@H]1O. The Morgan fingerprint density at radius 2 is 1.83 bits per heavy atom. The van der Waals surface area contributed by atoms with Crippen LogP contribution in [0.3, 0.4) is 0 Å². The fourth-order valence-corrected chi connectivity index (χ4v) is 4.13. The first-order valence-electron chi connectivity index (χ1n) is 11.4. The standard InChI is InChI=1S/C25H26N6O5/c1-26-24(34)20-18(32)19(33)25(36-20)31-13-28-17-22(27-12-14-6-4-3-5-7-14)29-21(30-23(17)31)15-8-10-16(35-2)11-9-15/h3-11,13,18-20,25,32-33H,12H2,1-2H3,(H,26,34)(H,27,29,30)/t18-,19+,20-,25+/m0/s1. The molecule has 36 heavy (non-hydrogen) atoms. The number of anilines is 1. The van der Waals surface area contributed by atoms with Crippen molar-refractivity contribution in [2.75, 3.05) is 19.5 Å². The molecule has 4 aromatic rings. The van der Waals surface area contributed by atoms with Gasteiger partial charge in [-0.25, -0.2) is 15.0 Å². The van der Waals surface area contributed by atoms with E-state index >= 15 is 0 Å². The number of hydrogen-bond donors (Lipinski definition) is 4. The highest BCUT2D eigenvalue weighted by Crippen LogP contribution is 2.34. The van der Waals surface area contributed by atoms with Gasteiger partial charge in [-0.05, 0) is 29.8 Å². The van der Waals surface area contributed by atoms with E-state index in [9.17, 15) is 15.0 Å². The van der Waals surface area contributed by atoms with Crippen molar-refractivity contribution in [3.05, 3.63) is 66.5 Å². The van der Waals surface area contributed by atoms with Gasteiger partial charge < -0.3 is 30.3 Å². The fourth-order valence-electron chi connectivity index (χ4n) is 4.13.